The summed E-state index contributed by atoms with van der Waals surface area (Å²) < 4.78 is 9.60. The maximum Gasteiger partial charge on any atom is 0.330 e. The molecule has 120 valence electrons. The summed E-state index contributed by atoms with van der Waals surface area (Å²) in [6.45, 7) is 0.720. The van der Waals surface area contributed by atoms with E-state index in [2.05, 4.69) is 0 Å². The summed E-state index contributed by atoms with van der Waals surface area (Å²) in [5.74, 6) is -0.955. The molecular weight excluding hydrogens is 308 g/mol. The van der Waals surface area contributed by atoms with Crippen molar-refractivity contribution in [1.82, 2.24) is 9.80 Å². The molecule has 0 aromatic carbocycles. The summed E-state index contributed by atoms with van der Waals surface area (Å²) in [5.41, 5.74) is 0. The number of esters is 1. The van der Waals surface area contributed by atoms with E-state index >= 15 is 0 Å². The fraction of sp³-hybridized carbons (Fsp3) is 0.500. The van der Waals surface area contributed by atoms with Crippen LogP contribution in [0.3, 0.4) is 0 Å². The Morgan fingerprint density at radius 1 is 1.32 bits per heavy atom. The number of hydrogen-bond donors (Lipinski definition) is 0. The minimum absolute atomic E-state index is 0.0488. The molecule has 22 heavy (non-hydrogen) atoms. The SMILES string of the molecule is COCC(=O)N1CCN(C(=O)c2cccs2)[C@@H](C(=O)OC)C1. The number of carbonyl (C=O) groups is 3. The molecule has 7 nitrogen and oxygen atoms in total. The number of piperazine rings is 1. The summed E-state index contributed by atoms with van der Waals surface area (Å²) in [6, 6.07) is 2.70. The van der Waals surface area contributed by atoms with Crippen molar-refractivity contribution < 1.29 is 23.9 Å². The third-order valence-electron chi connectivity index (χ3n) is 3.47. The van der Waals surface area contributed by atoms with Gasteiger partial charge >= 0.3 is 5.97 Å². The van der Waals surface area contributed by atoms with Crippen LogP contribution in [0, 0.1) is 0 Å². The highest BCUT2D eigenvalue weighted by molar-refractivity contribution is 7.12. The maximum absolute atomic E-state index is 12.5. The second kappa shape index (κ2) is 7.37. The molecule has 0 spiro atoms. The van der Waals surface area contributed by atoms with Crippen LogP contribution >= 0.6 is 11.3 Å². The van der Waals surface area contributed by atoms with Gasteiger partial charge in [0.05, 0.1) is 18.5 Å². The van der Waals surface area contributed by atoms with Crippen molar-refractivity contribution in [3.8, 4) is 0 Å². The van der Waals surface area contributed by atoms with Gasteiger partial charge in [-0.05, 0) is 11.4 Å². The van der Waals surface area contributed by atoms with Crippen molar-refractivity contribution in [3.05, 3.63) is 22.4 Å². The van der Waals surface area contributed by atoms with Crippen LogP contribution in [-0.4, -0.2) is 74.1 Å². The topological polar surface area (TPSA) is 76.2 Å². The van der Waals surface area contributed by atoms with Crippen LogP contribution in [0.5, 0.6) is 0 Å². The smallest absolute Gasteiger partial charge is 0.330 e. The van der Waals surface area contributed by atoms with Gasteiger partial charge in [-0.1, -0.05) is 6.07 Å². The van der Waals surface area contributed by atoms with E-state index in [0.717, 1.165) is 0 Å². The van der Waals surface area contributed by atoms with Crippen molar-refractivity contribution in [3.63, 3.8) is 0 Å². The van der Waals surface area contributed by atoms with Crippen LogP contribution in [-0.2, 0) is 19.1 Å². The summed E-state index contributed by atoms with van der Waals surface area (Å²) in [4.78, 5) is 39.9. The fourth-order valence-corrected chi connectivity index (χ4v) is 3.03. The van der Waals surface area contributed by atoms with Gasteiger partial charge in [0.2, 0.25) is 5.91 Å². The third-order valence-corrected chi connectivity index (χ3v) is 4.32. The van der Waals surface area contributed by atoms with E-state index in [1.807, 2.05) is 0 Å². The molecule has 2 heterocycles. The number of ether oxygens (including phenoxy) is 2. The fourth-order valence-electron chi connectivity index (χ4n) is 2.35. The predicted molar refractivity (Wildman–Crippen MR) is 79.6 cm³/mol. The standard InChI is InChI=1S/C14H18N2O5S/c1-20-9-12(17)15-5-6-16(10(8-15)14(19)21-2)13(18)11-4-3-7-22-11/h3-4,7,10H,5-6,8-9H2,1-2H3/t10-/m1/s1. The van der Waals surface area contributed by atoms with E-state index in [4.69, 9.17) is 9.47 Å². The zero-order chi connectivity index (χ0) is 16.1. The van der Waals surface area contributed by atoms with Gasteiger partial charge in [0.1, 0.15) is 12.6 Å². The highest BCUT2D eigenvalue weighted by atomic mass is 32.1. The molecule has 1 aromatic rings. The monoisotopic (exact) mass is 326 g/mol. The zero-order valence-electron chi connectivity index (χ0n) is 12.5. The largest absolute Gasteiger partial charge is 0.467 e. The lowest BCUT2D eigenvalue weighted by Crippen LogP contribution is -2.60. The lowest BCUT2D eigenvalue weighted by molar-refractivity contribution is -0.151. The Balaban J connectivity index is 2.15. The Hall–Kier alpha value is -1.93. The third kappa shape index (κ3) is 3.45. The van der Waals surface area contributed by atoms with Crippen molar-refractivity contribution >= 4 is 29.1 Å². The molecule has 0 aliphatic carbocycles. The van der Waals surface area contributed by atoms with Gasteiger partial charge in [-0.15, -0.1) is 11.3 Å². The first-order valence-corrected chi connectivity index (χ1v) is 7.65. The molecular formula is C14H18N2O5S. The normalized spacial score (nSPS) is 18.2. The van der Waals surface area contributed by atoms with Crippen molar-refractivity contribution in [2.75, 3.05) is 40.5 Å². The van der Waals surface area contributed by atoms with Crippen molar-refractivity contribution in [2.24, 2.45) is 0 Å². The Labute approximate surface area is 132 Å². The van der Waals surface area contributed by atoms with Gasteiger partial charge in [0.25, 0.3) is 5.91 Å². The molecule has 0 saturated carbocycles. The lowest BCUT2D eigenvalue weighted by Gasteiger charge is -2.39. The summed E-state index contributed by atoms with van der Waals surface area (Å²) in [6.07, 6.45) is 0. The molecule has 0 radical (unpaired) electrons. The van der Waals surface area contributed by atoms with E-state index in [1.54, 1.807) is 17.5 Å². The van der Waals surface area contributed by atoms with Gasteiger partial charge in [0.15, 0.2) is 0 Å². The Kier molecular flexibility index (Phi) is 5.51. The van der Waals surface area contributed by atoms with Crippen molar-refractivity contribution in [1.29, 1.82) is 0 Å². The Bertz CT molecular complexity index is 545. The number of amides is 2. The first kappa shape index (κ1) is 16.4. The average Bonchev–Trinajstić information content (AvgIpc) is 3.07. The second-order valence-corrected chi connectivity index (χ2v) is 5.74. The minimum Gasteiger partial charge on any atom is -0.467 e. The van der Waals surface area contributed by atoms with Crippen LogP contribution in [0.25, 0.3) is 0 Å². The maximum atomic E-state index is 12.5. The highest BCUT2D eigenvalue weighted by Gasteiger charge is 2.38. The summed E-state index contributed by atoms with van der Waals surface area (Å²) in [7, 11) is 2.71. The van der Waals surface area contributed by atoms with Gasteiger partial charge in [-0.25, -0.2) is 4.79 Å². The summed E-state index contributed by atoms with van der Waals surface area (Å²) >= 11 is 1.32. The average molecular weight is 326 g/mol. The van der Waals surface area contributed by atoms with Crippen LogP contribution in [0.2, 0.25) is 0 Å². The lowest BCUT2D eigenvalue weighted by atomic mass is 10.1. The molecule has 2 amide bonds. The van der Waals surface area contributed by atoms with E-state index < -0.39 is 12.0 Å². The van der Waals surface area contributed by atoms with Crippen molar-refractivity contribution in [2.45, 2.75) is 6.04 Å². The van der Waals surface area contributed by atoms with E-state index in [9.17, 15) is 14.4 Å². The molecule has 1 saturated heterocycles. The van der Waals surface area contributed by atoms with Gasteiger partial charge in [-0.3, -0.25) is 9.59 Å². The number of rotatable bonds is 4. The van der Waals surface area contributed by atoms with Crippen LogP contribution < -0.4 is 0 Å². The molecule has 1 aliphatic rings. The summed E-state index contributed by atoms with van der Waals surface area (Å²) in [5, 5.41) is 1.80. The van der Waals surface area contributed by atoms with Crippen LogP contribution in [0.4, 0.5) is 0 Å². The van der Waals surface area contributed by atoms with Gasteiger partial charge in [0, 0.05) is 20.2 Å². The molecule has 0 unspecified atom stereocenters. The zero-order valence-corrected chi connectivity index (χ0v) is 13.3. The molecule has 8 heteroatoms. The molecule has 0 N–H and O–H groups in total. The highest BCUT2D eigenvalue weighted by Crippen LogP contribution is 2.18. The van der Waals surface area contributed by atoms with Crippen LogP contribution in [0.1, 0.15) is 9.67 Å². The number of hydrogen-bond acceptors (Lipinski definition) is 6. The number of carbonyl (C=O) groups excluding carboxylic acids is 3. The van der Waals surface area contributed by atoms with E-state index in [1.165, 1.54) is 35.4 Å². The van der Waals surface area contributed by atoms with Gasteiger partial charge < -0.3 is 19.3 Å². The first-order valence-electron chi connectivity index (χ1n) is 6.77. The molecule has 1 aromatic heterocycles. The minimum atomic E-state index is -0.797. The molecule has 1 atom stereocenters. The molecule has 0 bridgehead atoms. The van der Waals surface area contributed by atoms with E-state index in [-0.39, 0.29) is 31.5 Å². The Morgan fingerprint density at radius 2 is 2.09 bits per heavy atom. The van der Waals surface area contributed by atoms with E-state index in [0.29, 0.717) is 11.4 Å². The van der Waals surface area contributed by atoms with Gasteiger partial charge in [-0.2, -0.15) is 0 Å². The number of nitrogens with zero attached hydrogens (tertiary/aromatic N) is 2. The molecule has 1 fully saturated rings. The number of thiophene rings is 1. The van der Waals surface area contributed by atoms with Crippen LogP contribution in [0.15, 0.2) is 17.5 Å². The second-order valence-electron chi connectivity index (χ2n) is 4.79. The quantitative estimate of drug-likeness (QED) is 0.740. The first-order chi connectivity index (χ1) is 10.6. The number of methoxy groups -OCH3 is 2. The Morgan fingerprint density at radius 3 is 2.68 bits per heavy atom. The molecule has 2 rings (SSSR count). The predicted octanol–water partition coefficient (Wildman–Crippen LogP) is 0.220. The molecule has 1 aliphatic heterocycles.